The topological polar surface area (TPSA) is 101 Å². The van der Waals surface area contributed by atoms with E-state index in [-0.39, 0.29) is 17.8 Å². The lowest BCUT2D eigenvalue weighted by Crippen LogP contribution is -2.53. The third kappa shape index (κ3) is 4.37. The predicted octanol–water partition coefficient (Wildman–Crippen LogP) is 2.73. The van der Waals surface area contributed by atoms with Crippen LogP contribution in [0.1, 0.15) is 55.5 Å². The van der Waals surface area contributed by atoms with Crippen molar-refractivity contribution < 1.29 is 9.18 Å². The standard InChI is InChI=1S/C25H35FN6O/c1-14(2)30-22(23-18-8-17(9-19(18)23)32-12-16(26)13-32)10-21(27)15-7-20(24(28)29-11-15)25(33)31-5-3-4-6-31/h7,10-11,14,16-19,23H,3-6,8-9,12-13,27H2,1-2H3,(H2,28,29). The van der Waals surface area contributed by atoms with Crippen LogP contribution in [0.5, 0.6) is 0 Å². The van der Waals surface area contributed by atoms with Gasteiger partial charge in [0, 0.05) is 67.3 Å². The van der Waals surface area contributed by atoms with Gasteiger partial charge >= 0.3 is 0 Å². The minimum atomic E-state index is -0.644. The van der Waals surface area contributed by atoms with Gasteiger partial charge in [0.05, 0.1) is 5.56 Å². The quantitative estimate of drug-likeness (QED) is 0.644. The third-order valence-corrected chi connectivity index (χ3v) is 7.73. The molecule has 1 aromatic heterocycles. The van der Waals surface area contributed by atoms with Gasteiger partial charge in [0.1, 0.15) is 12.0 Å². The number of amides is 1. The minimum absolute atomic E-state index is 0.0764. The molecule has 2 saturated carbocycles. The number of hydrogen-bond acceptors (Lipinski definition) is 6. The first-order valence-corrected chi connectivity index (χ1v) is 12.3. The molecule has 0 radical (unpaired) electrons. The molecule has 5 rings (SSSR count). The first kappa shape index (κ1) is 22.3. The first-order chi connectivity index (χ1) is 15.8. The average Bonchev–Trinajstić information content (AvgIpc) is 3.14. The number of likely N-dealkylation sites (tertiary alicyclic amines) is 2. The van der Waals surface area contributed by atoms with E-state index in [0.29, 0.717) is 53.7 Å². The van der Waals surface area contributed by atoms with Crippen molar-refractivity contribution in [3.63, 3.8) is 0 Å². The van der Waals surface area contributed by atoms with Crippen molar-refractivity contribution in [1.29, 1.82) is 0 Å². The highest BCUT2D eigenvalue weighted by atomic mass is 19.1. The Labute approximate surface area is 195 Å². The monoisotopic (exact) mass is 454 g/mol. The van der Waals surface area contributed by atoms with Gasteiger partial charge in [-0.05, 0) is 63.5 Å². The van der Waals surface area contributed by atoms with Crippen LogP contribution in [0.25, 0.3) is 5.70 Å². The van der Waals surface area contributed by atoms with Crippen molar-refractivity contribution in [2.75, 3.05) is 31.9 Å². The first-order valence-electron chi connectivity index (χ1n) is 12.3. The molecule has 2 atom stereocenters. The van der Waals surface area contributed by atoms with E-state index in [1.165, 1.54) is 0 Å². The molecule has 0 bridgehead atoms. The van der Waals surface area contributed by atoms with Gasteiger partial charge in [-0.3, -0.25) is 14.7 Å². The Bertz CT molecular complexity index is 967. The number of allylic oxidation sites excluding steroid dienone is 1. The number of halogens is 1. The van der Waals surface area contributed by atoms with Crippen molar-refractivity contribution in [3.8, 4) is 0 Å². The maximum Gasteiger partial charge on any atom is 0.257 e. The molecule has 1 amide bonds. The van der Waals surface area contributed by atoms with Crippen LogP contribution >= 0.6 is 0 Å². The summed E-state index contributed by atoms with van der Waals surface area (Å²) in [6.45, 7) is 6.85. The van der Waals surface area contributed by atoms with Crippen molar-refractivity contribution >= 4 is 23.1 Å². The molecule has 0 aromatic carbocycles. The number of aromatic nitrogens is 1. The smallest absolute Gasteiger partial charge is 0.257 e. The Morgan fingerprint density at radius 2 is 1.91 bits per heavy atom. The van der Waals surface area contributed by atoms with Crippen molar-refractivity contribution in [2.24, 2.45) is 28.5 Å². The molecular formula is C25H35FN6O. The van der Waals surface area contributed by atoms with Gasteiger partial charge in [-0.15, -0.1) is 0 Å². The number of nitrogen functional groups attached to an aromatic ring is 1. The number of alkyl halides is 1. The summed E-state index contributed by atoms with van der Waals surface area (Å²) in [7, 11) is 0. The zero-order valence-corrected chi connectivity index (χ0v) is 19.6. The second kappa shape index (κ2) is 8.70. The number of nitrogens with two attached hydrogens (primary N) is 2. The molecule has 0 spiro atoms. The number of carbonyl (C=O) groups is 1. The van der Waals surface area contributed by atoms with E-state index in [9.17, 15) is 9.18 Å². The second-order valence-electron chi connectivity index (χ2n) is 10.4. The highest BCUT2D eigenvalue weighted by Gasteiger charge is 2.59. The molecule has 2 saturated heterocycles. The number of rotatable bonds is 6. The molecule has 8 heteroatoms. The van der Waals surface area contributed by atoms with E-state index in [1.807, 2.05) is 11.0 Å². The van der Waals surface area contributed by atoms with Gasteiger partial charge < -0.3 is 16.4 Å². The summed E-state index contributed by atoms with van der Waals surface area (Å²) in [5, 5.41) is 0. The largest absolute Gasteiger partial charge is 0.398 e. The lowest BCUT2D eigenvalue weighted by atomic mass is 9.98. The fourth-order valence-electron chi connectivity index (χ4n) is 5.96. The summed E-state index contributed by atoms with van der Waals surface area (Å²) < 4.78 is 13.3. The Kier molecular flexibility index (Phi) is 5.89. The Morgan fingerprint density at radius 3 is 2.52 bits per heavy atom. The number of anilines is 1. The fraction of sp³-hybridized carbons (Fsp3) is 0.640. The van der Waals surface area contributed by atoms with Gasteiger partial charge in [0.2, 0.25) is 0 Å². The van der Waals surface area contributed by atoms with E-state index < -0.39 is 6.17 Å². The number of pyridine rings is 1. The van der Waals surface area contributed by atoms with Gasteiger partial charge in [0.15, 0.2) is 0 Å². The second-order valence-corrected chi connectivity index (χ2v) is 10.4. The molecular weight excluding hydrogens is 419 g/mol. The van der Waals surface area contributed by atoms with Crippen LogP contribution < -0.4 is 11.5 Å². The molecule has 1 aromatic rings. The van der Waals surface area contributed by atoms with Crippen LogP contribution in [-0.2, 0) is 0 Å². The third-order valence-electron chi connectivity index (χ3n) is 7.73. The zero-order chi connectivity index (χ0) is 23.3. The van der Waals surface area contributed by atoms with Gasteiger partial charge in [0.25, 0.3) is 5.91 Å². The summed E-state index contributed by atoms with van der Waals surface area (Å²) in [6, 6.07) is 2.45. The maximum atomic E-state index is 13.3. The Morgan fingerprint density at radius 1 is 1.24 bits per heavy atom. The van der Waals surface area contributed by atoms with Crippen molar-refractivity contribution in [2.45, 2.75) is 57.8 Å². The van der Waals surface area contributed by atoms with Crippen LogP contribution in [0.3, 0.4) is 0 Å². The Balaban J connectivity index is 1.32. The van der Waals surface area contributed by atoms with Crippen LogP contribution in [0.15, 0.2) is 23.3 Å². The van der Waals surface area contributed by atoms with Crippen molar-refractivity contribution in [1.82, 2.24) is 14.8 Å². The normalized spacial score (nSPS) is 30.6. The van der Waals surface area contributed by atoms with Gasteiger partial charge in [-0.25, -0.2) is 9.37 Å². The highest BCUT2D eigenvalue weighted by Crippen LogP contribution is 2.59. The number of nitrogens with zero attached hydrogens (tertiary/aromatic N) is 4. The molecule has 4 N–H and O–H groups in total. The molecule has 2 unspecified atom stereocenters. The number of fused-ring (bicyclic) bond motifs is 1. The molecule has 178 valence electrons. The number of aliphatic imine (C=N–C) groups is 1. The molecule has 2 aliphatic heterocycles. The maximum absolute atomic E-state index is 13.3. The SMILES string of the molecule is CC(C)N=C(C=C(N)c1cnc(N)c(C(=O)N2CCCC2)c1)C1C2CC(N3CC(F)C3)CC21. The van der Waals surface area contributed by atoms with E-state index in [4.69, 9.17) is 16.5 Å². The molecule has 3 heterocycles. The molecule has 7 nitrogen and oxygen atoms in total. The van der Waals surface area contributed by atoms with E-state index in [2.05, 4.69) is 23.7 Å². The van der Waals surface area contributed by atoms with E-state index in [0.717, 1.165) is 44.5 Å². The lowest BCUT2D eigenvalue weighted by molar-refractivity contribution is 0.0247. The molecule has 4 fully saturated rings. The van der Waals surface area contributed by atoms with E-state index >= 15 is 0 Å². The van der Waals surface area contributed by atoms with Crippen LogP contribution in [-0.4, -0.2) is 70.8 Å². The summed E-state index contributed by atoms with van der Waals surface area (Å²) >= 11 is 0. The van der Waals surface area contributed by atoms with Crippen molar-refractivity contribution in [3.05, 3.63) is 29.5 Å². The van der Waals surface area contributed by atoms with Gasteiger partial charge in [-0.2, -0.15) is 0 Å². The van der Waals surface area contributed by atoms with Gasteiger partial charge in [-0.1, -0.05) is 0 Å². The average molecular weight is 455 g/mol. The summed E-state index contributed by atoms with van der Waals surface area (Å²) in [4.78, 5) is 26.2. The lowest BCUT2D eigenvalue weighted by Gasteiger charge is -2.40. The van der Waals surface area contributed by atoms with E-state index in [1.54, 1.807) is 12.3 Å². The van der Waals surface area contributed by atoms with Crippen LogP contribution in [0.4, 0.5) is 10.2 Å². The molecule has 2 aliphatic carbocycles. The summed E-state index contributed by atoms with van der Waals surface area (Å²) in [5.74, 6) is 1.78. The summed E-state index contributed by atoms with van der Waals surface area (Å²) in [5.41, 5.74) is 15.2. The predicted molar refractivity (Wildman–Crippen MR) is 128 cm³/mol. The minimum Gasteiger partial charge on any atom is -0.398 e. The molecule has 33 heavy (non-hydrogen) atoms. The highest BCUT2D eigenvalue weighted by molar-refractivity contribution is 6.05. The fourth-order valence-corrected chi connectivity index (χ4v) is 5.96. The van der Waals surface area contributed by atoms with Crippen LogP contribution in [0.2, 0.25) is 0 Å². The number of hydrogen-bond donors (Lipinski definition) is 2. The summed E-state index contributed by atoms with van der Waals surface area (Å²) in [6.07, 6.45) is 7.23. The number of carbonyl (C=O) groups excluding carboxylic acids is 1. The molecule has 4 aliphatic rings. The van der Waals surface area contributed by atoms with Crippen LogP contribution in [0, 0.1) is 17.8 Å². The zero-order valence-electron chi connectivity index (χ0n) is 19.6. The Hall–Kier alpha value is -2.48.